The molecule has 16 heteroatoms. The van der Waals surface area contributed by atoms with Crippen LogP contribution in [0.5, 0.6) is 0 Å². The van der Waals surface area contributed by atoms with Gasteiger partial charge in [0.05, 0.1) is 21.0 Å². The van der Waals surface area contributed by atoms with Crippen molar-refractivity contribution in [1.82, 2.24) is 25.8 Å². The molecule has 4 amide bonds. The molecular weight excluding hydrogens is 646 g/mol. The van der Waals surface area contributed by atoms with E-state index >= 15 is 0 Å². The van der Waals surface area contributed by atoms with Crippen molar-refractivity contribution in [3.63, 3.8) is 0 Å². The van der Waals surface area contributed by atoms with Crippen molar-refractivity contribution in [1.29, 1.82) is 0 Å². The Labute approximate surface area is 278 Å². The second kappa shape index (κ2) is 14.2. The van der Waals surface area contributed by atoms with Gasteiger partial charge in [0.1, 0.15) is 0 Å². The van der Waals surface area contributed by atoms with Crippen molar-refractivity contribution in [2.24, 2.45) is 0 Å². The molecule has 0 unspecified atom stereocenters. The first-order chi connectivity index (χ1) is 22.7. The van der Waals surface area contributed by atoms with Gasteiger partial charge in [-0.25, -0.2) is 0 Å². The van der Waals surface area contributed by atoms with Crippen LogP contribution in [0.25, 0.3) is 21.5 Å². The normalized spacial score (nSPS) is 13.8. The van der Waals surface area contributed by atoms with Crippen LogP contribution in [0.3, 0.4) is 0 Å². The van der Waals surface area contributed by atoms with Crippen LogP contribution in [0, 0.1) is 20.2 Å². The number of non-ortho nitro benzene ring substituents is 2. The lowest BCUT2D eigenvalue weighted by Gasteiger charge is -2.27. The fourth-order valence-electron chi connectivity index (χ4n) is 6.01. The van der Waals surface area contributed by atoms with Gasteiger partial charge in [0.2, 0.25) is 0 Å². The quantitative estimate of drug-likeness (QED) is 0.0769. The maximum absolute atomic E-state index is 13.1. The third kappa shape index (κ3) is 6.31. The number of nitrogens with one attached hydrogen (secondary N) is 3. The van der Waals surface area contributed by atoms with E-state index in [1.807, 2.05) is 0 Å². The smallest absolute Gasteiger partial charge is 0.270 e. The van der Waals surface area contributed by atoms with Gasteiger partial charge in [0.15, 0.2) is 0 Å². The molecule has 0 atom stereocenters. The maximum atomic E-state index is 13.1. The summed E-state index contributed by atoms with van der Waals surface area (Å²) in [6.07, 6.45) is 0. The van der Waals surface area contributed by atoms with Crippen LogP contribution in [0.15, 0.2) is 60.7 Å². The number of carbonyl (C=O) groups is 4. The lowest BCUT2D eigenvalue weighted by atomic mass is 9.93. The molecular formula is C32H30ClN7O8. The minimum Gasteiger partial charge on any atom is -0.314 e. The molecule has 248 valence electrons. The van der Waals surface area contributed by atoms with Crippen molar-refractivity contribution in [3.8, 4) is 0 Å². The lowest BCUT2D eigenvalue weighted by molar-refractivity contribution is -0.384. The Bertz CT molecular complexity index is 1860. The predicted molar refractivity (Wildman–Crippen MR) is 178 cm³/mol. The lowest BCUT2D eigenvalue weighted by Crippen LogP contribution is -2.45. The van der Waals surface area contributed by atoms with Crippen LogP contribution >= 0.6 is 12.4 Å². The third-order valence-electron chi connectivity index (χ3n) is 8.23. The van der Waals surface area contributed by atoms with E-state index in [1.165, 1.54) is 24.3 Å². The minimum absolute atomic E-state index is 0. The van der Waals surface area contributed by atoms with Crippen LogP contribution in [-0.4, -0.2) is 95.6 Å². The van der Waals surface area contributed by atoms with Gasteiger partial charge in [-0.2, -0.15) is 0 Å². The Kier molecular flexibility index (Phi) is 10.0. The van der Waals surface area contributed by atoms with Crippen molar-refractivity contribution in [2.75, 3.05) is 52.4 Å². The number of benzene rings is 4. The summed E-state index contributed by atoms with van der Waals surface area (Å²) in [5.41, 5.74) is 0.521. The zero-order valence-corrected chi connectivity index (χ0v) is 26.2. The van der Waals surface area contributed by atoms with E-state index in [0.717, 1.165) is 9.80 Å². The fourth-order valence-corrected chi connectivity index (χ4v) is 6.01. The van der Waals surface area contributed by atoms with E-state index in [4.69, 9.17) is 0 Å². The highest BCUT2D eigenvalue weighted by atomic mass is 35.5. The molecule has 2 aliphatic rings. The number of halogens is 1. The van der Waals surface area contributed by atoms with Gasteiger partial charge in [-0.15, -0.1) is 12.4 Å². The molecule has 2 aliphatic heterocycles. The molecule has 4 aromatic rings. The molecule has 4 aromatic carbocycles. The first-order valence-electron chi connectivity index (χ1n) is 14.9. The summed E-state index contributed by atoms with van der Waals surface area (Å²) in [6.45, 7) is 3.10. The Morgan fingerprint density at radius 1 is 0.521 bits per heavy atom. The van der Waals surface area contributed by atoms with E-state index in [0.29, 0.717) is 71.9 Å². The van der Waals surface area contributed by atoms with Crippen molar-refractivity contribution < 1.29 is 29.0 Å². The van der Waals surface area contributed by atoms with E-state index in [-0.39, 0.29) is 48.0 Å². The average Bonchev–Trinajstić information content (AvgIpc) is 3.06. The first-order valence-corrected chi connectivity index (χ1v) is 14.9. The molecule has 15 nitrogen and oxygen atoms in total. The minimum atomic E-state index is -0.566. The van der Waals surface area contributed by atoms with Gasteiger partial charge in [0.25, 0.3) is 35.0 Å². The Hall–Kier alpha value is -5.35. The average molecular weight is 676 g/mol. The monoisotopic (exact) mass is 675 g/mol. The van der Waals surface area contributed by atoms with Crippen molar-refractivity contribution in [3.05, 3.63) is 103 Å². The van der Waals surface area contributed by atoms with Gasteiger partial charge in [-0.05, 0) is 22.9 Å². The molecule has 0 aliphatic carbocycles. The molecule has 0 saturated carbocycles. The Morgan fingerprint density at radius 2 is 0.875 bits per heavy atom. The van der Waals surface area contributed by atoms with Gasteiger partial charge < -0.3 is 16.0 Å². The summed E-state index contributed by atoms with van der Waals surface area (Å²) in [5, 5.41) is 34.1. The van der Waals surface area contributed by atoms with Crippen LogP contribution in [0.4, 0.5) is 11.4 Å². The Morgan fingerprint density at radius 3 is 1.25 bits per heavy atom. The molecule has 48 heavy (non-hydrogen) atoms. The van der Waals surface area contributed by atoms with Gasteiger partial charge >= 0.3 is 0 Å². The summed E-state index contributed by atoms with van der Waals surface area (Å²) in [5.74, 6) is -2.01. The zero-order chi connectivity index (χ0) is 33.2. The number of hydrogen-bond donors (Lipinski definition) is 3. The number of nitro groups is 2. The molecule has 0 aromatic heterocycles. The zero-order valence-electron chi connectivity index (χ0n) is 25.4. The fraction of sp³-hybridized carbons (Fsp3) is 0.250. The van der Waals surface area contributed by atoms with E-state index in [1.54, 1.807) is 36.4 Å². The molecule has 3 N–H and O–H groups in total. The highest BCUT2D eigenvalue weighted by molar-refractivity contribution is 6.26. The molecule has 0 radical (unpaired) electrons. The second-order valence-electron chi connectivity index (χ2n) is 11.1. The molecule has 0 fully saturated rings. The predicted octanol–water partition coefficient (Wildman–Crippen LogP) is 2.89. The van der Waals surface area contributed by atoms with E-state index in [2.05, 4.69) is 16.0 Å². The standard InChI is InChI=1S/C32H29N7O8.ClH/c40-29-23-5-1-3-19-15-21(38(44)45)17-25(27(19)23)31(42)36(29)13-11-34-9-7-33-8-10-35-12-14-37-30(41)24-6-2-4-20-16-22(39(46)47)18-26(28(20)24)32(37)43;/h1-6,15-18,33-35H,7-14H2;1H. The van der Waals surface area contributed by atoms with Gasteiger partial charge in [-0.3, -0.25) is 49.2 Å². The Balaban J connectivity index is 0.00000451. The summed E-state index contributed by atoms with van der Waals surface area (Å²) in [6, 6.07) is 14.9. The number of carbonyl (C=O) groups excluding carboxylic acids is 4. The highest BCUT2D eigenvalue weighted by Gasteiger charge is 2.35. The number of nitrogens with zero attached hydrogens (tertiary/aromatic N) is 4. The topological polar surface area (TPSA) is 197 Å². The van der Waals surface area contributed by atoms with E-state index < -0.39 is 33.5 Å². The summed E-state index contributed by atoms with van der Waals surface area (Å²) < 4.78 is 0. The molecule has 0 saturated heterocycles. The first kappa shape index (κ1) is 34.0. The molecule has 6 rings (SSSR count). The number of hydrogen-bond acceptors (Lipinski definition) is 11. The van der Waals surface area contributed by atoms with Gasteiger partial charge in [0, 0.05) is 98.5 Å². The van der Waals surface area contributed by atoms with Crippen LogP contribution < -0.4 is 16.0 Å². The highest BCUT2D eigenvalue weighted by Crippen LogP contribution is 2.34. The largest absolute Gasteiger partial charge is 0.314 e. The maximum Gasteiger partial charge on any atom is 0.270 e. The van der Waals surface area contributed by atoms with Crippen molar-refractivity contribution in [2.45, 2.75) is 0 Å². The SMILES string of the molecule is Cl.O=C1c2cccc3cc([N+](=O)[O-])cc(c23)C(=O)N1CCNCCNCCNCCN1C(=O)c2cccc3cc([N+](=O)[O-])cc(c23)C1=O. The van der Waals surface area contributed by atoms with E-state index in [9.17, 15) is 39.4 Å². The molecule has 0 bridgehead atoms. The summed E-state index contributed by atoms with van der Waals surface area (Å²) >= 11 is 0. The van der Waals surface area contributed by atoms with Crippen LogP contribution in [0.1, 0.15) is 41.4 Å². The van der Waals surface area contributed by atoms with Crippen molar-refractivity contribution >= 4 is 69.0 Å². The number of nitro benzene ring substituents is 2. The summed E-state index contributed by atoms with van der Waals surface area (Å²) in [4.78, 5) is 76.2. The van der Waals surface area contributed by atoms with Gasteiger partial charge in [-0.1, -0.05) is 24.3 Å². The second-order valence-corrected chi connectivity index (χ2v) is 11.1. The number of amides is 4. The number of imide groups is 2. The van der Waals surface area contributed by atoms with Crippen LogP contribution in [-0.2, 0) is 0 Å². The van der Waals surface area contributed by atoms with Crippen LogP contribution in [0.2, 0.25) is 0 Å². The third-order valence-corrected chi connectivity index (χ3v) is 8.23. The number of rotatable bonds is 14. The molecule has 0 spiro atoms. The summed E-state index contributed by atoms with van der Waals surface area (Å²) in [7, 11) is 0. The molecule has 2 heterocycles.